The lowest BCUT2D eigenvalue weighted by molar-refractivity contribution is 0.274. The highest BCUT2D eigenvalue weighted by Crippen LogP contribution is 2.23. The number of benzene rings is 2. The maximum absolute atomic E-state index is 9.28. The summed E-state index contributed by atoms with van der Waals surface area (Å²) in [6, 6.07) is 15.1. The molecular weight excluding hydrogens is 252 g/mol. The minimum Gasteiger partial charge on any atom is -0.496 e. The number of nitrogens with one attached hydrogen (secondary N) is 1. The fourth-order valence-electron chi connectivity index (χ4n) is 1.97. The zero-order valence-corrected chi connectivity index (χ0v) is 11.3. The van der Waals surface area contributed by atoms with Gasteiger partial charge in [-0.3, -0.25) is 0 Å². The zero-order chi connectivity index (χ0) is 14.4. The maximum Gasteiger partial charge on any atom is 0.124 e. The van der Waals surface area contributed by atoms with Crippen LogP contribution in [0.3, 0.4) is 0 Å². The molecule has 2 N–H and O–H groups in total. The molecule has 2 rings (SSSR count). The molecule has 4 heteroatoms. The van der Waals surface area contributed by atoms with E-state index in [1.165, 1.54) is 0 Å². The van der Waals surface area contributed by atoms with Gasteiger partial charge in [-0.2, -0.15) is 5.26 Å². The van der Waals surface area contributed by atoms with Crippen LogP contribution < -0.4 is 10.1 Å². The third kappa shape index (κ3) is 3.28. The van der Waals surface area contributed by atoms with E-state index in [9.17, 15) is 5.11 Å². The van der Waals surface area contributed by atoms with E-state index >= 15 is 0 Å². The Morgan fingerprint density at radius 3 is 2.80 bits per heavy atom. The molecule has 0 unspecified atom stereocenters. The molecule has 2 aromatic rings. The number of aliphatic hydroxyl groups is 1. The second-order valence-electron chi connectivity index (χ2n) is 4.35. The van der Waals surface area contributed by atoms with Gasteiger partial charge in [-0.25, -0.2) is 0 Å². The van der Waals surface area contributed by atoms with Crippen LogP contribution in [0.4, 0.5) is 5.69 Å². The van der Waals surface area contributed by atoms with E-state index in [1.807, 2.05) is 36.4 Å². The largest absolute Gasteiger partial charge is 0.496 e. The summed E-state index contributed by atoms with van der Waals surface area (Å²) in [5, 5.41) is 21.4. The summed E-state index contributed by atoms with van der Waals surface area (Å²) in [6.07, 6.45) is 0. The first-order chi connectivity index (χ1) is 9.76. The van der Waals surface area contributed by atoms with Crippen LogP contribution >= 0.6 is 0 Å². The SMILES string of the molecule is COc1ccc(NCc2cccc(C#N)c2)cc1CO. The highest BCUT2D eigenvalue weighted by molar-refractivity contribution is 5.51. The summed E-state index contributed by atoms with van der Waals surface area (Å²) in [5.74, 6) is 0.671. The monoisotopic (exact) mass is 268 g/mol. The van der Waals surface area contributed by atoms with Gasteiger partial charge in [0.2, 0.25) is 0 Å². The van der Waals surface area contributed by atoms with Crippen LogP contribution in [0.5, 0.6) is 5.75 Å². The third-order valence-electron chi connectivity index (χ3n) is 3.00. The summed E-state index contributed by atoms with van der Waals surface area (Å²) >= 11 is 0. The van der Waals surface area contributed by atoms with Crippen molar-refractivity contribution < 1.29 is 9.84 Å². The van der Waals surface area contributed by atoms with Gasteiger partial charge in [-0.05, 0) is 35.9 Å². The van der Waals surface area contributed by atoms with E-state index in [-0.39, 0.29) is 6.61 Å². The number of methoxy groups -OCH3 is 1. The number of anilines is 1. The number of hydrogen-bond donors (Lipinski definition) is 2. The van der Waals surface area contributed by atoms with Gasteiger partial charge >= 0.3 is 0 Å². The Hall–Kier alpha value is -2.51. The van der Waals surface area contributed by atoms with Crippen LogP contribution in [0, 0.1) is 11.3 Å². The van der Waals surface area contributed by atoms with Gasteiger partial charge in [0.05, 0.1) is 25.3 Å². The van der Waals surface area contributed by atoms with Crippen LogP contribution in [-0.2, 0) is 13.2 Å². The van der Waals surface area contributed by atoms with Crippen LogP contribution in [0.15, 0.2) is 42.5 Å². The number of hydrogen-bond acceptors (Lipinski definition) is 4. The molecule has 0 radical (unpaired) electrons. The molecular formula is C16H16N2O2. The second-order valence-corrected chi connectivity index (χ2v) is 4.35. The molecule has 2 aromatic carbocycles. The molecule has 0 amide bonds. The number of ether oxygens (including phenoxy) is 1. The fraction of sp³-hybridized carbons (Fsp3) is 0.188. The highest BCUT2D eigenvalue weighted by atomic mass is 16.5. The zero-order valence-electron chi connectivity index (χ0n) is 11.3. The quantitative estimate of drug-likeness (QED) is 0.875. The van der Waals surface area contributed by atoms with Gasteiger partial charge in [0.25, 0.3) is 0 Å². The van der Waals surface area contributed by atoms with Crippen LogP contribution in [0.2, 0.25) is 0 Å². The molecule has 0 fully saturated rings. The molecule has 0 spiro atoms. The first-order valence-corrected chi connectivity index (χ1v) is 6.27. The topological polar surface area (TPSA) is 65.3 Å². The van der Waals surface area contributed by atoms with Crippen LogP contribution in [0.1, 0.15) is 16.7 Å². The Bertz CT molecular complexity index is 633. The van der Waals surface area contributed by atoms with Crippen molar-refractivity contribution in [2.45, 2.75) is 13.2 Å². The lowest BCUT2D eigenvalue weighted by Crippen LogP contribution is -2.01. The lowest BCUT2D eigenvalue weighted by atomic mass is 10.1. The number of aliphatic hydroxyl groups excluding tert-OH is 1. The van der Waals surface area contributed by atoms with Crippen molar-refractivity contribution in [2.75, 3.05) is 12.4 Å². The average molecular weight is 268 g/mol. The van der Waals surface area contributed by atoms with E-state index in [2.05, 4.69) is 11.4 Å². The minimum atomic E-state index is -0.0669. The predicted molar refractivity (Wildman–Crippen MR) is 77.4 cm³/mol. The van der Waals surface area contributed by atoms with E-state index in [4.69, 9.17) is 10.00 Å². The molecule has 0 aliphatic carbocycles. The number of rotatable bonds is 5. The van der Waals surface area contributed by atoms with Gasteiger partial charge in [-0.1, -0.05) is 12.1 Å². The van der Waals surface area contributed by atoms with Crippen molar-refractivity contribution in [1.82, 2.24) is 0 Å². The molecule has 0 aromatic heterocycles. The third-order valence-corrected chi connectivity index (χ3v) is 3.00. The molecule has 0 saturated carbocycles. The standard InChI is InChI=1S/C16H16N2O2/c1-20-16-6-5-15(8-14(16)11-19)18-10-13-4-2-3-12(7-13)9-17/h2-8,18-19H,10-11H2,1H3. The summed E-state index contributed by atoms with van der Waals surface area (Å²) in [7, 11) is 1.58. The van der Waals surface area contributed by atoms with E-state index in [0.29, 0.717) is 17.9 Å². The van der Waals surface area contributed by atoms with Crippen molar-refractivity contribution in [3.63, 3.8) is 0 Å². The molecule has 0 saturated heterocycles. The van der Waals surface area contributed by atoms with Gasteiger partial charge < -0.3 is 15.2 Å². The summed E-state index contributed by atoms with van der Waals surface area (Å²) in [6.45, 7) is 0.551. The second kappa shape index (κ2) is 6.60. The van der Waals surface area contributed by atoms with E-state index < -0.39 is 0 Å². The van der Waals surface area contributed by atoms with Crippen molar-refractivity contribution in [3.8, 4) is 11.8 Å². The Balaban J connectivity index is 2.09. The first-order valence-electron chi connectivity index (χ1n) is 6.27. The first kappa shape index (κ1) is 13.9. The summed E-state index contributed by atoms with van der Waals surface area (Å²) in [4.78, 5) is 0. The Labute approximate surface area is 118 Å². The molecule has 4 nitrogen and oxygen atoms in total. The smallest absolute Gasteiger partial charge is 0.124 e. The molecule has 0 atom stereocenters. The lowest BCUT2D eigenvalue weighted by Gasteiger charge is -2.11. The fourth-order valence-corrected chi connectivity index (χ4v) is 1.97. The predicted octanol–water partition coefficient (Wildman–Crippen LogP) is 2.67. The summed E-state index contributed by atoms with van der Waals surface area (Å²) in [5.41, 5.74) is 3.32. The number of nitriles is 1. The van der Waals surface area contributed by atoms with Crippen molar-refractivity contribution in [3.05, 3.63) is 59.2 Å². The van der Waals surface area contributed by atoms with Gasteiger partial charge in [0, 0.05) is 17.8 Å². The van der Waals surface area contributed by atoms with Crippen molar-refractivity contribution >= 4 is 5.69 Å². The molecule has 0 aliphatic heterocycles. The highest BCUT2D eigenvalue weighted by Gasteiger charge is 2.03. The number of nitrogens with zero attached hydrogens (tertiary/aromatic N) is 1. The van der Waals surface area contributed by atoms with Gasteiger partial charge in [-0.15, -0.1) is 0 Å². The normalized spacial score (nSPS) is 9.85. The van der Waals surface area contributed by atoms with E-state index in [1.54, 1.807) is 13.2 Å². The van der Waals surface area contributed by atoms with Crippen LogP contribution in [0.25, 0.3) is 0 Å². The molecule has 20 heavy (non-hydrogen) atoms. The summed E-state index contributed by atoms with van der Waals surface area (Å²) < 4.78 is 5.16. The Morgan fingerprint density at radius 1 is 1.25 bits per heavy atom. The van der Waals surface area contributed by atoms with Crippen molar-refractivity contribution in [2.24, 2.45) is 0 Å². The van der Waals surface area contributed by atoms with Gasteiger partial charge in [0.1, 0.15) is 5.75 Å². The van der Waals surface area contributed by atoms with Gasteiger partial charge in [0.15, 0.2) is 0 Å². The Kier molecular flexibility index (Phi) is 4.59. The van der Waals surface area contributed by atoms with E-state index in [0.717, 1.165) is 16.8 Å². The Morgan fingerprint density at radius 2 is 2.10 bits per heavy atom. The van der Waals surface area contributed by atoms with Crippen LogP contribution in [-0.4, -0.2) is 12.2 Å². The molecule has 0 heterocycles. The molecule has 0 aliphatic rings. The minimum absolute atomic E-state index is 0.0669. The molecule has 102 valence electrons. The average Bonchev–Trinajstić information content (AvgIpc) is 2.52. The molecule has 0 bridgehead atoms. The van der Waals surface area contributed by atoms with Crippen molar-refractivity contribution in [1.29, 1.82) is 5.26 Å². The maximum atomic E-state index is 9.28.